The quantitative estimate of drug-likeness (QED) is 0.104. The smallest absolute Gasteiger partial charge is 0.416 e. The summed E-state index contributed by atoms with van der Waals surface area (Å²) in [6.07, 6.45) is -6.69. The van der Waals surface area contributed by atoms with Crippen molar-refractivity contribution < 1.29 is 66.5 Å². The second-order valence-electron chi connectivity index (χ2n) is 26.1. The Morgan fingerprint density at radius 2 is 1.13 bits per heavy atom. The van der Waals surface area contributed by atoms with Crippen molar-refractivity contribution in [2.45, 2.75) is 200 Å². The molecule has 0 aromatic heterocycles. The number of nitrogens with one attached hydrogen (secondary N) is 3. The van der Waals surface area contributed by atoms with E-state index in [0.29, 0.717) is 29.5 Å². The molecule has 1 unspecified atom stereocenters. The molecule has 0 bridgehead atoms. The van der Waals surface area contributed by atoms with Crippen molar-refractivity contribution in [3.05, 3.63) is 95.6 Å². The number of alkyl halides is 3. The molecular formula is C67H97F3N8O11. The number of halogens is 3. The van der Waals surface area contributed by atoms with Crippen molar-refractivity contribution >= 4 is 47.3 Å². The Hall–Kier alpha value is -6.91. The third-order valence-corrected chi connectivity index (χ3v) is 17.6. The fourth-order valence-electron chi connectivity index (χ4n) is 12.3. The number of carbonyl (C=O) groups is 8. The molecule has 7 amide bonds. The predicted octanol–water partition coefficient (Wildman–Crippen LogP) is 6.85. The number of aliphatic hydroxyl groups is 2. The van der Waals surface area contributed by atoms with Gasteiger partial charge in [-0.1, -0.05) is 142 Å². The molecule has 5 rings (SSSR count). The summed E-state index contributed by atoms with van der Waals surface area (Å²) < 4.78 is 48.1. The number of cyclic esters (lactones) is 1. The Labute approximate surface area is 523 Å². The summed E-state index contributed by atoms with van der Waals surface area (Å²) in [5.41, 5.74) is -1.08. The van der Waals surface area contributed by atoms with Crippen LogP contribution in [-0.2, 0) is 62.1 Å². The summed E-state index contributed by atoms with van der Waals surface area (Å²) in [7, 11) is 5.54. The number of esters is 1. The number of nitrogens with zero attached hydrogens (tertiary/aromatic N) is 5. The minimum Gasteiger partial charge on any atom is -0.450 e. The molecule has 3 aromatic carbocycles. The van der Waals surface area contributed by atoms with Gasteiger partial charge >= 0.3 is 12.1 Å². The summed E-state index contributed by atoms with van der Waals surface area (Å²) in [5.74, 6) is -8.78. The molecule has 0 aliphatic carbocycles. The minimum atomic E-state index is -4.63. The third-order valence-electron chi connectivity index (χ3n) is 17.6. The van der Waals surface area contributed by atoms with Gasteiger partial charge in [0.2, 0.25) is 35.4 Å². The maximum atomic E-state index is 15.6. The zero-order valence-electron chi connectivity index (χ0n) is 54.8. The molecule has 2 fully saturated rings. The van der Waals surface area contributed by atoms with Crippen LogP contribution in [0.25, 0.3) is 11.1 Å². The second kappa shape index (κ2) is 31.2. The first kappa shape index (κ1) is 72.8. The van der Waals surface area contributed by atoms with Gasteiger partial charge in [0, 0.05) is 47.1 Å². The zero-order valence-corrected chi connectivity index (χ0v) is 54.8. The van der Waals surface area contributed by atoms with Crippen LogP contribution in [0, 0.1) is 29.6 Å². The third kappa shape index (κ3) is 18.2. The number of likely N-dealkylation sites (N-methyl/N-ethyl adjacent to an activating group) is 4. The number of carbonyl (C=O) groups excluding carboxylic acids is 8. The van der Waals surface area contributed by atoms with E-state index in [1.54, 1.807) is 108 Å². The van der Waals surface area contributed by atoms with Gasteiger partial charge in [-0.05, 0) is 104 Å². The van der Waals surface area contributed by atoms with Crippen LogP contribution >= 0.6 is 0 Å². The Morgan fingerprint density at radius 3 is 1.67 bits per heavy atom. The zero-order chi connectivity index (χ0) is 66.7. The molecule has 2 heterocycles. The largest absolute Gasteiger partial charge is 0.450 e. The Kier molecular flexibility index (Phi) is 25.5. The van der Waals surface area contributed by atoms with Gasteiger partial charge in [-0.2, -0.15) is 13.2 Å². The number of benzene rings is 3. The van der Waals surface area contributed by atoms with E-state index < -0.39 is 149 Å². The van der Waals surface area contributed by atoms with Crippen molar-refractivity contribution in [1.82, 2.24) is 40.4 Å². The van der Waals surface area contributed by atoms with Crippen molar-refractivity contribution in [3.8, 4) is 11.1 Å². The SMILES string of the molecule is CC[C@H](C)[C@@H]1NC(=O)[C@@H]2CCCN2C(O)[C@H](Cc2cccc(-c3cccc(C(F)(F)F)c3)c2)N(C)C(=O)[C@H](Cc2ccccc2)NC(=O)[C@H](C(C)C)N(C)C(=O)[C@@H]([C@@H](C)CC)OC(=O)[C@H](C(C)(C)O)N(C)C(=O)[C@H](CC(C)C)NC(=O)[C@H](C(C)C)N(C)C1=O. The first-order chi connectivity index (χ1) is 41.5. The first-order valence-electron chi connectivity index (χ1n) is 31.2. The van der Waals surface area contributed by atoms with E-state index in [1.165, 1.54) is 64.0 Å². The Morgan fingerprint density at radius 1 is 0.607 bits per heavy atom. The van der Waals surface area contributed by atoms with Gasteiger partial charge < -0.3 is 50.5 Å². The standard InChI is InChI=1S/C67H97F3N8O11/c1-17-41(9)52-63(85)75(14)53(39(5)6)58(80)71-48(33-38(3)4)61(83)77(16)56(66(11,12)88)65(87)89-55(42(10)18-2)64(86)76(15)54(40(7)8)59(81)72-49(35-43-25-20-19-21-26-43)60(82)74(13)51(62(84)78-32-24-31-50(78)57(79)73-52)36-44-27-22-28-45(34-44)46-29-23-30-47(37-46)67(68,69)70/h19-23,25-30,34,37-42,48-56,62,84,88H,17-18,24,31-33,35-36H2,1-16H3,(H,71,80)(H,72,81)(H,73,79)/t41-,42-,48-,49-,50-,51-,52-,53-,54-,55+,56+,62?/m0/s1. The Bertz CT molecular complexity index is 2940. The van der Waals surface area contributed by atoms with Crippen molar-refractivity contribution in [2.24, 2.45) is 29.6 Å². The molecule has 0 saturated carbocycles. The highest BCUT2D eigenvalue weighted by molar-refractivity contribution is 5.97. The normalized spacial score (nSPS) is 26.1. The molecule has 5 N–H and O–H groups in total. The lowest BCUT2D eigenvalue weighted by atomic mass is 9.93. The molecule has 2 aliphatic rings. The van der Waals surface area contributed by atoms with E-state index in [1.807, 2.05) is 20.8 Å². The summed E-state index contributed by atoms with van der Waals surface area (Å²) in [4.78, 5) is 126. The lowest BCUT2D eigenvalue weighted by molar-refractivity contribution is -0.177. The molecule has 19 nitrogen and oxygen atoms in total. The van der Waals surface area contributed by atoms with Gasteiger partial charge in [-0.3, -0.25) is 38.5 Å². The van der Waals surface area contributed by atoms with Crippen LogP contribution in [0.2, 0.25) is 0 Å². The lowest BCUT2D eigenvalue weighted by Gasteiger charge is -2.41. The van der Waals surface area contributed by atoms with Crippen LogP contribution in [0.1, 0.15) is 132 Å². The van der Waals surface area contributed by atoms with Crippen LogP contribution in [0.5, 0.6) is 0 Å². The molecule has 89 heavy (non-hydrogen) atoms. The van der Waals surface area contributed by atoms with Gasteiger partial charge in [0.25, 0.3) is 5.91 Å². The highest BCUT2D eigenvalue weighted by atomic mass is 19.4. The van der Waals surface area contributed by atoms with Crippen LogP contribution < -0.4 is 16.0 Å². The lowest BCUT2D eigenvalue weighted by Crippen LogP contribution is -2.63. The van der Waals surface area contributed by atoms with Crippen molar-refractivity contribution in [1.29, 1.82) is 0 Å². The van der Waals surface area contributed by atoms with E-state index in [2.05, 4.69) is 16.0 Å². The van der Waals surface area contributed by atoms with Gasteiger partial charge in [0.1, 0.15) is 36.4 Å². The van der Waals surface area contributed by atoms with Crippen LogP contribution in [0.3, 0.4) is 0 Å². The molecule has 2 aliphatic heterocycles. The number of rotatable bonds is 14. The molecule has 0 spiro atoms. The highest BCUT2D eigenvalue weighted by Crippen LogP contribution is 2.34. The van der Waals surface area contributed by atoms with E-state index in [4.69, 9.17) is 4.74 Å². The molecule has 492 valence electrons. The number of fused-ring (bicyclic) bond motifs is 1. The van der Waals surface area contributed by atoms with Crippen LogP contribution in [0.15, 0.2) is 78.9 Å². The Balaban J connectivity index is 1.74. The number of aliphatic hydroxyl groups excluding tert-OH is 1. The number of hydrogen-bond donors (Lipinski definition) is 5. The monoisotopic (exact) mass is 1250 g/mol. The summed E-state index contributed by atoms with van der Waals surface area (Å²) in [6, 6.07) is 9.80. The van der Waals surface area contributed by atoms with Gasteiger partial charge in [0.05, 0.1) is 23.2 Å². The highest BCUT2D eigenvalue weighted by Gasteiger charge is 2.48. The van der Waals surface area contributed by atoms with Gasteiger partial charge in [-0.15, -0.1) is 0 Å². The van der Waals surface area contributed by atoms with Crippen LogP contribution in [0.4, 0.5) is 13.2 Å². The van der Waals surface area contributed by atoms with Crippen molar-refractivity contribution in [3.63, 3.8) is 0 Å². The minimum absolute atomic E-state index is 0.0540. The first-order valence-corrected chi connectivity index (χ1v) is 31.2. The average Bonchev–Trinajstić information content (AvgIpc) is 3.33. The maximum Gasteiger partial charge on any atom is 0.416 e. The fraction of sp³-hybridized carbons (Fsp3) is 0.612. The molecule has 0 radical (unpaired) electrons. The molecule has 12 atom stereocenters. The maximum absolute atomic E-state index is 15.6. The average molecular weight is 1250 g/mol. The summed E-state index contributed by atoms with van der Waals surface area (Å²) in [6.45, 7) is 20.3. The number of hydrogen-bond acceptors (Lipinski definition) is 12. The van der Waals surface area contributed by atoms with Crippen LogP contribution in [-0.4, -0.2) is 183 Å². The topological polar surface area (TPSA) is 239 Å². The molecule has 22 heteroatoms. The molecule has 3 aromatic rings. The van der Waals surface area contributed by atoms with E-state index in [-0.39, 0.29) is 50.1 Å². The van der Waals surface area contributed by atoms with E-state index in [9.17, 15) is 42.6 Å². The van der Waals surface area contributed by atoms with Crippen molar-refractivity contribution in [2.75, 3.05) is 34.7 Å². The van der Waals surface area contributed by atoms with Gasteiger partial charge in [-0.25, -0.2) is 4.79 Å². The summed E-state index contributed by atoms with van der Waals surface area (Å²) in [5, 5.41) is 33.5. The summed E-state index contributed by atoms with van der Waals surface area (Å²) >= 11 is 0. The van der Waals surface area contributed by atoms with E-state index >= 15 is 19.2 Å². The molecule has 2 saturated heterocycles. The second-order valence-corrected chi connectivity index (χ2v) is 26.1. The predicted molar refractivity (Wildman–Crippen MR) is 333 cm³/mol. The number of amides is 7. The van der Waals surface area contributed by atoms with Gasteiger partial charge in [0.15, 0.2) is 12.1 Å². The van der Waals surface area contributed by atoms with E-state index in [0.717, 1.165) is 21.9 Å². The fourth-order valence-corrected chi connectivity index (χ4v) is 12.3. The molecular weight excluding hydrogens is 1150 g/mol. The number of ether oxygens (including phenoxy) is 1.